The van der Waals surface area contributed by atoms with Gasteiger partial charge in [0.05, 0.1) is 25.1 Å². The number of benzene rings is 2. The average Bonchev–Trinajstić information content (AvgIpc) is 2.78. The van der Waals surface area contributed by atoms with Gasteiger partial charge in [-0.25, -0.2) is 0 Å². The number of hydrogen-bond acceptors (Lipinski definition) is 4. The number of ether oxygens (including phenoxy) is 3. The number of aryl methyl sites for hydroxylation is 2. The second-order valence-electron chi connectivity index (χ2n) is 11.5. The van der Waals surface area contributed by atoms with Gasteiger partial charge in [-0.05, 0) is 95.5 Å². The van der Waals surface area contributed by atoms with E-state index in [9.17, 15) is 4.79 Å². The molecule has 0 saturated carbocycles. The third-order valence-corrected chi connectivity index (χ3v) is 7.95. The molecular formula is C32H50LiO4P. The van der Waals surface area contributed by atoms with E-state index < -0.39 is 0 Å². The quantitative estimate of drug-likeness (QED) is 0.173. The van der Waals surface area contributed by atoms with Crippen molar-refractivity contribution in [1.82, 2.24) is 0 Å². The molecule has 0 bridgehead atoms. The van der Waals surface area contributed by atoms with Gasteiger partial charge in [0.2, 0.25) is 0 Å². The molecule has 0 aliphatic carbocycles. The van der Waals surface area contributed by atoms with Crippen LogP contribution in [0.2, 0.25) is 0 Å². The molecule has 0 saturated heterocycles. The summed E-state index contributed by atoms with van der Waals surface area (Å²) in [5.74, 6) is 3.76. The number of hydrogen-bond donors (Lipinski definition) is 0. The van der Waals surface area contributed by atoms with Crippen molar-refractivity contribution in [2.45, 2.75) is 88.5 Å². The maximum atomic E-state index is 13.8. The van der Waals surface area contributed by atoms with Gasteiger partial charge in [0.1, 0.15) is 17.2 Å². The molecule has 2 aromatic carbocycles. The van der Waals surface area contributed by atoms with Gasteiger partial charge in [0.15, 0.2) is 5.52 Å². The van der Waals surface area contributed by atoms with Crippen molar-refractivity contribution in [3.63, 3.8) is 0 Å². The molecule has 4 nitrogen and oxygen atoms in total. The van der Waals surface area contributed by atoms with Gasteiger partial charge < -0.3 is 14.2 Å². The first-order valence-corrected chi connectivity index (χ1v) is 14.9. The molecule has 0 amide bonds. The van der Waals surface area contributed by atoms with Gasteiger partial charge in [-0.1, -0.05) is 47.6 Å². The van der Waals surface area contributed by atoms with Crippen LogP contribution in [0.5, 0.6) is 17.2 Å². The van der Waals surface area contributed by atoms with Crippen LogP contribution in [-0.2, 0) is 0 Å². The van der Waals surface area contributed by atoms with Gasteiger partial charge >= 0.3 is 18.9 Å². The molecule has 0 fully saturated rings. The Labute approximate surface area is 246 Å². The van der Waals surface area contributed by atoms with Crippen molar-refractivity contribution >= 4 is 38.3 Å². The SMILES string of the molecule is Cc1cc(C)c(C(=O)Pc2c(OCCC(C)C)cc(OCCC(C)C)cc2OCCC(C)C)c(C)c1C.[LiH]. The third-order valence-electron chi connectivity index (χ3n) is 6.73. The predicted molar refractivity (Wildman–Crippen MR) is 166 cm³/mol. The average molecular weight is 537 g/mol. The topological polar surface area (TPSA) is 44.8 Å². The molecule has 6 heteroatoms. The molecule has 38 heavy (non-hydrogen) atoms. The minimum absolute atomic E-state index is 0. The fourth-order valence-corrected chi connectivity index (χ4v) is 5.30. The van der Waals surface area contributed by atoms with Crippen molar-refractivity contribution in [2.24, 2.45) is 17.8 Å². The monoisotopic (exact) mass is 536 g/mol. The summed E-state index contributed by atoms with van der Waals surface area (Å²) in [6, 6.07) is 6.02. The van der Waals surface area contributed by atoms with Gasteiger partial charge in [0, 0.05) is 17.7 Å². The molecule has 2 rings (SSSR count). The molecule has 0 radical (unpaired) electrons. The molecular weight excluding hydrogens is 486 g/mol. The molecule has 2 aromatic rings. The van der Waals surface area contributed by atoms with Crippen molar-refractivity contribution < 1.29 is 19.0 Å². The molecule has 1 unspecified atom stereocenters. The summed E-state index contributed by atoms with van der Waals surface area (Å²) in [7, 11) is -0.0989. The summed E-state index contributed by atoms with van der Waals surface area (Å²) in [6.45, 7) is 23.2. The summed E-state index contributed by atoms with van der Waals surface area (Å²) >= 11 is 0. The van der Waals surface area contributed by atoms with Crippen LogP contribution in [0.15, 0.2) is 18.2 Å². The molecule has 0 aliphatic rings. The Morgan fingerprint density at radius 3 is 1.58 bits per heavy atom. The normalized spacial score (nSPS) is 11.5. The van der Waals surface area contributed by atoms with Gasteiger partial charge in [0.25, 0.3) is 0 Å². The molecule has 1 atom stereocenters. The Kier molecular flexibility index (Phi) is 15.1. The van der Waals surface area contributed by atoms with Crippen molar-refractivity contribution in [3.8, 4) is 17.2 Å². The third kappa shape index (κ3) is 10.6. The van der Waals surface area contributed by atoms with Crippen LogP contribution in [0.1, 0.15) is 93.4 Å². The molecule has 0 aromatic heterocycles. The zero-order chi connectivity index (χ0) is 27.7. The number of carbonyl (C=O) groups excluding carboxylic acids is 1. The Bertz CT molecular complexity index is 1010. The van der Waals surface area contributed by atoms with Gasteiger partial charge in [-0.3, -0.25) is 4.79 Å². The zero-order valence-electron chi connectivity index (χ0n) is 24.8. The van der Waals surface area contributed by atoms with Crippen LogP contribution in [0.3, 0.4) is 0 Å². The van der Waals surface area contributed by atoms with E-state index in [4.69, 9.17) is 14.2 Å². The molecule has 0 heterocycles. The summed E-state index contributed by atoms with van der Waals surface area (Å²) in [5, 5.41) is 0.839. The van der Waals surface area contributed by atoms with E-state index in [1.165, 1.54) is 11.1 Å². The van der Waals surface area contributed by atoms with E-state index in [0.717, 1.165) is 47.0 Å². The van der Waals surface area contributed by atoms with Crippen LogP contribution in [0.4, 0.5) is 0 Å². The number of carbonyl (C=O) groups is 1. The summed E-state index contributed by atoms with van der Waals surface area (Å²) in [5.41, 5.74) is 5.42. The Balaban J connectivity index is 0.00000722. The minimum atomic E-state index is -0.0989. The molecule has 0 spiro atoms. The van der Waals surface area contributed by atoms with Crippen LogP contribution in [-0.4, -0.2) is 44.2 Å². The van der Waals surface area contributed by atoms with Crippen molar-refractivity contribution in [1.29, 1.82) is 0 Å². The molecule has 208 valence electrons. The van der Waals surface area contributed by atoms with Crippen molar-refractivity contribution in [2.75, 3.05) is 19.8 Å². The van der Waals surface area contributed by atoms with Crippen LogP contribution >= 0.6 is 8.58 Å². The van der Waals surface area contributed by atoms with Crippen LogP contribution < -0.4 is 19.5 Å². The van der Waals surface area contributed by atoms with Gasteiger partial charge in [-0.2, -0.15) is 0 Å². The van der Waals surface area contributed by atoms with E-state index in [0.29, 0.717) is 49.1 Å². The Morgan fingerprint density at radius 1 is 0.684 bits per heavy atom. The fraction of sp³-hybridized carbons (Fsp3) is 0.594. The summed E-state index contributed by atoms with van der Waals surface area (Å²) in [4.78, 5) is 13.8. The number of rotatable bonds is 15. The summed E-state index contributed by atoms with van der Waals surface area (Å²) in [6.07, 6.45) is 2.85. The van der Waals surface area contributed by atoms with Gasteiger partial charge in [-0.15, -0.1) is 0 Å². The van der Waals surface area contributed by atoms with Crippen LogP contribution in [0, 0.1) is 45.4 Å². The van der Waals surface area contributed by atoms with Crippen LogP contribution in [0.25, 0.3) is 0 Å². The first-order chi connectivity index (χ1) is 17.4. The Morgan fingerprint density at radius 2 is 1.13 bits per heavy atom. The zero-order valence-corrected chi connectivity index (χ0v) is 25.8. The fourth-order valence-electron chi connectivity index (χ4n) is 4.03. The standard InChI is InChI=1S/C32H49O4P.Li.H/c1-20(2)11-14-34-27-18-28(35-15-12-21(3)4)31(29(19-27)36-16-13-22(5)6)37-32(33)30-24(8)17-23(7)25(9)26(30)10;;/h17-22,37H,11-16H2,1-10H3;;. The maximum absolute atomic E-state index is 13.8. The first-order valence-electron chi connectivity index (χ1n) is 13.9. The van der Waals surface area contributed by atoms with Crippen molar-refractivity contribution in [3.05, 3.63) is 46.0 Å². The second kappa shape index (κ2) is 16.6. The van der Waals surface area contributed by atoms with E-state index in [1.807, 2.05) is 19.1 Å². The summed E-state index contributed by atoms with van der Waals surface area (Å²) < 4.78 is 18.8. The second-order valence-corrected chi connectivity index (χ2v) is 12.7. The predicted octanol–water partition coefficient (Wildman–Crippen LogP) is 7.69. The van der Waals surface area contributed by atoms with E-state index in [2.05, 4.69) is 68.4 Å². The van der Waals surface area contributed by atoms with E-state index in [-0.39, 0.29) is 33.0 Å². The Hall–Kier alpha value is -1.46. The van der Waals surface area contributed by atoms with E-state index >= 15 is 0 Å². The van der Waals surface area contributed by atoms with E-state index in [1.54, 1.807) is 0 Å². The first kappa shape index (κ1) is 34.6. The molecule has 0 aliphatic heterocycles. The molecule has 0 N–H and O–H groups in total.